The first-order valence-electron chi connectivity index (χ1n) is 6.17. The summed E-state index contributed by atoms with van der Waals surface area (Å²) in [6.07, 6.45) is 0. The summed E-state index contributed by atoms with van der Waals surface area (Å²) < 4.78 is 6.52. The number of fused-ring (bicyclic) bond motifs is 1. The molecule has 1 unspecified atom stereocenters. The van der Waals surface area contributed by atoms with Crippen molar-refractivity contribution in [2.24, 2.45) is 0 Å². The van der Waals surface area contributed by atoms with Gasteiger partial charge in [0.1, 0.15) is 11.6 Å². The Morgan fingerprint density at radius 3 is 2.94 bits per heavy atom. The zero-order chi connectivity index (χ0) is 12.7. The average Bonchev–Trinajstić information content (AvgIpc) is 2.94. The molecule has 0 spiro atoms. The van der Waals surface area contributed by atoms with E-state index in [1.165, 1.54) is 11.5 Å². The maximum absolute atomic E-state index is 4.55. The first-order chi connectivity index (χ1) is 8.66. The van der Waals surface area contributed by atoms with Gasteiger partial charge in [0.05, 0.1) is 6.04 Å². The molecule has 0 amide bonds. The van der Waals surface area contributed by atoms with Crippen molar-refractivity contribution in [1.29, 1.82) is 0 Å². The molecule has 3 rings (SSSR count). The van der Waals surface area contributed by atoms with Crippen LogP contribution in [-0.2, 0) is 6.54 Å². The number of rotatable bonds is 2. The second kappa shape index (κ2) is 4.40. The van der Waals surface area contributed by atoms with Gasteiger partial charge in [0.15, 0.2) is 10.8 Å². The number of nitrogens with zero attached hydrogens (tertiary/aromatic N) is 5. The molecule has 0 aromatic carbocycles. The molecule has 1 N–H and O–H groups in total. The lowest BCUT2D eigenvalue weighted by atomic mass is 10.2. The minimum atomic E-state index is 0.248. The van der Waals surface area contributed by atoms with Crippen molar-refractivity contribution in [1.82, 2.24) is 29.4 Å². The van der Waals surface area contributed by atoms with Gasteiger partial charge in [-0.05, 0) is 18.5 Å². The summed E-state index contributed by atoms with van der Waals surface area (Å²) >= 11 is 1.40. The van der Waals surface area contributed by atoms with Crippen molar-refractivity contribution in [3.8, 4) is 10.8 Å². The standard InChI is InChI=1S/C11H16N6S/c1-6(2)8-13-11(18-16-8)10-15-14-9-7(3)12-4-5-17(9)10/h6-7,12H,4-5H2,1-3H3. The largest absolute Gasteiger partial charge is 0.306 e. The normalized spacial score (nSPS) is 19.2. The van der Waals surface area contributed by atoms with Crippen molar-refractivity contribution in [2.75, 3.05) is 6.54 Å². The number of aromatic nitrogens is 5. The summed E-state index contributed by atoms with van der Waals surface area (Å²) in [5.74, 6) is 3.06. The highest BCUT2D eigenvalue weighted by atomic mass is 32.1. The average molecular weight is 264 g/mol. The topological polar surface area (TPSA) is 68.5 Å². The molecule has 96 valence electrons. The maximum atomic E-state index is 4.55. The van der Waals surface area contributed by atoms with E-state index in [0.717, 1.165) is 35.6 Å². The zero-order valence-corrected chi connectivity index (χ0v) is 11.5. The predicted octanol–water partition coefficient (Wildman–Crippen LogP) is 1.58. The lowest BCUT2D eigenvalue weighted by Crippen LogP contribution is -2.32. The quantitative estimate of drug-likeness (QED) is 0.892. The molecular formula is C11H16N6S. The lowest BCUT2D eigenvalue weighted by molar-refractivity contribution is 0.439. The smallest absolute Gasteiger partial charge is 0.194 e. The molecule has 0 radical (unpaired) electrons. The second-order valence-corrected chi connectivity index (χ2v) is 5.57. The Bertz CT molecular complexity index is 558. The molecule has 6 nitrogen and oxygen atoms in total. The van der Waals surface area contributed by atoms with Crippen LogP contribution in [0.25, 0.3) is 10.8 Å². The summed E-state index contributed by atoms with van der Waals surface area (Å²) in [5, 5.41) is 12.8. The van der Waals surface area contributed by atoms with E-state index < -0.39 is 0 Å². The highest BCUT2D eigenvalue weighted by molar-refractivity contribution is 7.09. The Labute approximate surface area is 110 Å². The molecule has 2 aromatic rings. The van der Waals surface area contributed by atoms with Crippen molar-refractivity contribution in [3.63, 3.8) is 0 Å². The Hall–Kier alpha value is -1.34. The molecule has 0 saturated heterocycles. The third-order valence-electron chi connectivity index (χ3n) is 3.10. The van der Waals surface area contributed by atoms with Crippen LogP contribution in [0.15, 0.2) is 0 Å². The molecule has 0 aliphatic carbocycles. The fraction of sp³-hybridized carbons (Fsp3) is 0.636. The van der Waals surface area contributed by atoms with Gasteiger partial charge in [-0.3, -0.25) is 0 Å². The summed E-state index contributed by atoms with van der Waals surface area (Å²) in [6, 6.07) is 0.248. The van der Waals surface area contributed by atoms with Gasteiger partial charge in [-0.2, -0.15) is 4.37 Å². The molecule has 18 heavy (non-hydrogen) atoms. The van der Waals surface area contributed by atoms with Gasteiger partial charge in [-0.25, -0.2) is 4.98 Å². The van der Waals surface area contributed by atoms with Crippen LogP contribution in [-0.4, -0.2) is 30.7 Å². The van der Waals surface area contributed by atoms with E-state index in [0.29, 0.717) is 5.92 Å². The molecule has 0 fully saturated rings. The molecule has 7 heteroatoms. The van der Waals surface area contributed by atoms with Crippen LogP contribution in [0.5, 0.6) is 0 Å². The van der Waals surface area contributed by atoms with Crippen molar-refractivity contribution in [3.05, 3.63) is 11.6 Å². The van der Waals surface area contributed by atoms with Gasteiger partial charge < -0.3 is 9.88 Å². The minimum Gasteiger partial charge on any atom is -0.306 e. The summed E-state index contributed by atoms with van der Waals surface area (Å²) in [6.45, 7) is 8.12. The van der Waals surface area contributed by atoms with E-state index in [9.17, 15) is 0 Å². The van der Waals surface area contributed by atoms with Crippen LogP contribution in [0.4, 0.5) is 0 Å². The first-order valence-corrected chi connectivity index (χ1v) is 6.94. The first kappa shape index (κ1) is 11.7. The Morgan fingerprint density at radius 1 is 1.39 bits per heavy atom. The number of hydrogen-bond acceptors (Lipinski definition) is 6. The highest BCUT2D eigenvalue weighted by Gasteiger charge is 2.24. The van der Waals surface area contributed by atoms with Crippen LogP contribution in [0.1, 0.15) is 44.4 Å². The van der Waals surface area contributed by atoms with Crippen LogP contribution < -0.4 is 5.32 Å². The van der Waals surface area contributed by atoms with E-state index in [1.54, 1.807) is 0 Å². The molecule has 2 aromatic heterocycles. The molecule has 1 aliphatic heterocycles. The zero-order valence-electron chi connectivity index (χ0n) is 10.7. The summed E-state index contributed by atoms with van der Waals surface area (Å²) in [5.41, 5.74) is 0. The molecule has 0 saturated carbocycles. The molecular weight excluding hydrogens is 248 g/mol. The third kappa shape index (κ3) is 1.83. The maximum Gasteiger partial charge on any atom is 0.194 e. The monoisotopic (exact) mass is 264 g/mol. The Balaban J connectivity index is 2.01. The second-order valence-electron chi connectivity index (χ2n) is 4.82. The van der Waals surface area contributed by atoms with Gasteiger partial charge in [0.2, 0.25) is 0 Å². The lowest BCUT2D eigenvalue weighted by Gasteiger charge is -2.21. The third-order valence-corrected chi connectivity index (χ3v) is 3.83. The predicted molar refractivity (Wildman–Crippen MR) is 69.4 cm³/mol. The van der Waals surface area contributed by atoms with Crippen molar-refractivity contribution >= 4 is 11.5 Å². The van der Waals surface area contributed by atoms with Crippen LogP contribution in [0.3, 0.4) is 0 Å². The van der Waals surface area contributed by atoms with Gasteiger partial charge in [0.25, 0.3) is 0 Å². The van der Waals surface area contributed by atoms with E-state index in [4.69, 9.17) is 0 Å². The summed E-state index contributed by atoms with van der Waals surface area (Å²) in [4.78, 5) is 4.55. The molecule has 3 heterocycles. The van der Waals surface area contributed by atoms with Gasteiger partial charge >= 0.3 is 0 Å². The van der Waals surface area contributed by atoms with Crippen molar-refractivity contribution < 1.29 is 0 Å². The SMILES string of the molecule is CC(C)c1nsc(-c2nnc3n2CCNC3C)n1. The van der Waals surface area contributed by atoms with Gasteiger partial charge in [-0.15, -0.1) is 10.2 Å². The minimum absolute atomic E-state index is 0.248. The number of nitrogens with one attached hydrogen (secondary N) is 1. The van der Waals surface area contributed by atoms with Gasteiger partial charge in [-0.1, -0.05) is 13.8 Å². The van der Waals surface area contributed by atoms with E-state index in [1.807, 2.05) is 0 Å². The van der Waals surface area contributed by atoms with E-state index in [2.05, 4.69) is 50.2 Å². The summed E-state index contributed by atoms with van der Waals surface area (Å²) in [7, 11) is 0. The molecule has 1 atom stereocenters. The van der Waals surface area contributed by atoms with E-state index >= 15 is 0 Å². The van der Waals surface area contributed by atoms with Crippen molar-refractivity contribution in [2.45, 2.75) is 39.3 Å². The fourth-order valence-corrected chi connectivity index (χ4v) is 2.86. The Kier molecular flexibility index (Phi) is 2.87. The molecule has 1 aliphatic rings. The highest BCUT2D eigenvalue weighted by Crippen LogP contribution is 2.26. The Morgan fingerprint density at radius 2 is 2.22 bits per heavy atom. The van der Waals surface area contributed by atoms with Crippen LogP contribution >= 0.6 is 11.5 Å². The molecule has 0 bridgehead atoms. The van der Waals surface area contributed by atoms with Crippen LogP contribution in [0, 0.1) is 0 Å². The number of hydrogen-bond donors (Lipinski definition) is 1. The van der Waals surface area contributed by atoms with E-state index in [-0.39, 0.29) is 6.04 Å². The van der Waals surface area contributed by atoms with Crippen LogP contribution in [0.2, 0.25) is 0 Å². The van der Waals surface area contributed by atoms with Gasteiger partial charge in [0, 0.05) is 19.0 Å². The fourth-order valence-electron chi connectivity index (χ4n) is 2.06.